The molecule has 0 aromatic heterocycles. The molecule has 1 unspecified atom stereocenters. The number of hydrogen-bond donors (Lipinski definition) is 1. The van der Waals surface area contributed by atoms with Crippen molar-refractivity contribution in [1.82, 2.24) is 0 Å². The van der Waals surface area contributed by atoms with Crippen LogP contribution in [0.5, 0.6) is 11.5 Å². The molecule has 0 aliphatic carbocycles. The van der Waals surface area contributed by atoms with E-state index in [1.807, 2.05) is 18.2 Å². The molecule has 1 heterocycles. The van der Waals surface area contributed by atoms with E-state index in [9.17, 15) is 0 Å². The Morgan fingerprint density at radius 2 is 1.76 bits per heavy atom. The molecule has 3 rings (SSSR count). The number of hydrogen-bond acceptors (Lipinski definition) is 3. The topological polar surface area (TPSA) is 30.5 Å². The number of rotatable bonds is 4. The Balaban J connectivity index is 1.70. The van der Waals surface area contributed by atoms with Gasteiger partial charge in [-0.05, 0) is 11.5 Å². The summed E-state index contributed by atoms with van der Waals surface area (Å²) >= 11 is 6.29. The van der Waals surface area contributed by atoms with Crippen LogP contribution in [0.25, 0.3) is 0 Å². The summed E-state index contributed by atoms with van der Waals surface area (Å²) in [7, 11) is 0. The van der Waals surface area contributed by atoms with Crippen molar-refractivity contribution in [2.45, 2.75) is 12.8 Å². The van der Waals surface area contributed by atoms with Crippen LogP contribution in [-0.4, -0.2) is 19.8 Å². The second-order valence-electron chi connectivity index (χ2n) is 5.17. The molecule has 4 heteroatoms. The average Bonchev–Trinajstić information content (AvgIpc) is 2.53. The van der Waals surface area contributed by atoms with Crippen LogP contribution in [0.1, 0.15) is 18.4 Å². The molecular weight excluding hydrogens is 286 g/mol. The molecule has 2 aromatic carbocycles. The Morgan fingerprint density at radius 3 is 2.48 bits per heavy atom. The van der Waals surface area contributed by atoms with E-state index in [2.05, 4.69) is 36.5 Å². The van der Waals surface area contributed by atoms with Gasteiger partial charge < -0.3 is 14.8 Å². The Labute approximate surface area is 129 Å². The van der Waals surface area contributed by atoms with Gasteiger partial charge in [-0.1, -0.05) is 48.9 Å². The highest BCUT2D eigenvalue weighted by molar-refractivity contribution is 6.33. The van der Waals surface area contributed by atoms with Crippen molar-refractivity contribution >= 4 is 17.3 Å². The Morgan fingerprint density at radius 1 is 1.10 bits per heavy atom. The summed E-state index contributed by atoms with van der Waals surface area (Å²) in [6.07, 6.45) is 0. The molecule has 0 amide bonds. The molecular formula is C17H18ClNO2. The smallest absolute Gasteiger partial charge is 0.163 e. The van der Waals surface area contributed by atoms with Gasteiger partial charge >= 0.3 is 0 Å². The van der Waals surface area contributed by atoms with Gasteiger partial charge in [-0.2, -0.15) is 0 Å². The molecule has 0 saturated heterocycles. The molecule has 1 N–H and O–H groups in total. The molecule has 110 valence electrons. The first-order valence-corrected chi connectivity index (χ1v) is 7.50. The van der Waals surface area contributed by atoms with Gasteiger partial charge in [0.05, 0.1) is 10.7 Å². The van der Waals surface area contributed by atoms with Crippen LogP contribution in [0.4, 0.5) is 5.69 Å². The third-order valence-electron chi connectivity index (χ3n) is 3.60. The number of anilines is 1. The Bertz CT molecular complexity index is 616. The average molecular weight is 304 g/mol. The quantitative estimate of drug-likeness (QED) is 0.912. The van der Waals surface area contributed by atoms with E-state index in [1.165, 1.54) is 5.56 Å². The van der Waals surface area contributed by atoms with Crippen molar-refractivity contribution in [1.29, 1.82) is 0 Å². The first-order valence-electron chi connectivity index (χ1n) is 7.12. The van der Waals surface area contributed by atoms with E-state index >= 15 is 0 Å². The standard InChI is InChI=1S/C17H18ClNO2/c1-12(13-5-3-2-4-6-13)11-19-15-10-17-16(9-14(15)18)20-7-8-21-17/h2-6,9-10,12,19H,7-8,11H2,1H3. The molecule has 3 nitrogen and oxygen atoms in total. The van der Waals surface area contributed by atoms with Crippen LogP contribution in [0.2, 0.25) is 5.02 Å². The number of halogens is 1. The highest BCUT2D eigenvalue weighted by Crippen LogP contribution is 2.38. The summed E-state index contributed by atoms with van der Waals surface area (Å²) in [4.78, 5) is 0. The summed E-state index contributed by atoms with van der Waals surface area (Å²) < 4.78 is 11.1. The second kappa shape index (κ2) is 6.27. The van der Waals surface area contributed by atoms with E-state index in [-0.39, 0.29) is 0 Å². The molecule has 0 spiro atoms. The summed E-state index contributed by atoms with van der Waals surface area (Å²) in [5.74, 6) is 1.86. The Hall–Kier alpha value is -1.87. The minimum Gasteiger partial charge on any atom is -0.486 e. The monoisotopic (exact) mass is 303 g/mol. The molecule has 0 fully saturated rings. The second-order valence-corrected chi connectivity index (χ2v) is 5.58. The fourth-order valence-electron chi connectivity index (χ4n) is 2.36. The van der Waals surface area contributed by atoms with Crippen LogP contribution in [0, 0.1) is 0 Å². The van der Waals surface area contributed by atoms with Gasteiger partial charge in [-0.15, -0.1) is 0 Å². The zero-order valence-electron chi connectivity index (χ0n) is 11.9. The van der Waals surface area contributed by atoms with Gasteiger partial charge in [0.2, 0.25) is 0 Å². The molecule has 21 heavy (non-hydrogen) atoms. The fourth-order valence-corrected chi connectivity index (χ4v) is 2.58. The van der Waals surface area contributed by atoms with Crippen molar-refractivity contribution in [3.63, 3.8) is 0 Å². The van der Waals surface area contributed by atoms with Gasteiger partial charge in [0.1, 0.15) is 13.2 Å². The van der Waals surface area contributed by atoms with E-state index in [0.717, 1.165) is 18.0 Å². The fraction of sp³-hybridized carbons (Fsp3) is 0.294. The number of fused-ring (bicyclic) bond motifs is 1. The first kappa shape index (κ1) is 14.1. The van der Waals surface area contributed by atoms with Crippen LogP contribution >= 0.6 is 11.6 Å². The molecule has 0 bridgehead atoms. The minimum absolute atomic E-state index is 0.399. The van der Waals surface area contributed by atoms with Crippen LogP contribution in [-0.2, 0) is 0 Å². The molecule has 0 radical (unpaired) electrons. The zero-order valence-corrected chi connectivity index (χ0v) is 12.7. The van der Waals surface area contributed by atoms with Crippen LogP contribution in [0.3, 0.4) is 0 Å². The highest BCUT2D eigenvalue weighted by atomic mass is 35.5. The summed E-state index contributed by atoms with van der Waals surface area (Å²) in [6, 6.07) is 14.1. The lowest BCUT2D eigenvalue weighted by molar-refractivity contribution is 0.171. The van der Waals surface area contributed by atoms with Crippen LogP contribution in [0.15, 0.2) is 42.5 Å². The van der Waals surface area contributed by atoms with E-state index in [0.29, 0.717) is 29.9 Å². The summed E-state index contributed by atoms with van der Waals surface area (Å²) in [6.45, 7) is 4.15. The lowest BCUT2D eigenvalue weighted by Gasteiger charge is -2.21. The van der Waals surface area contributed by atoms with Crippen molar-refractivity contribution < 1.29 is 9.47 Å². The van der Waals surface area contributed by atoms with Gasteiger partial charge in [0.15, 0.2) is 11.5 Å². The Kier molecular flexibility index (Phi) is 4.20. The van der Waals surface area contributed by atoms with Gasteiger partial charge in [-0.25, -0.2) is 0 Å². The lowest BCUT2D eigenvalue weighted by Crippen LogP contribution is -2.16. The maximum absolute atomic E-state index is 6.29. The van der Waals surface area contributed by atoms with Crippen molar-refractivity contribution in [2.24, 2.45) is 0 Å². The number of nitrogens with one attached hydrogen (secondary N) is 1. The summed E-state index contributed by atoms with van der Waals surface area (Å²) in [5.41, 5.74) is 2.18. The molecule has 1 aliphatic rings. The molecule has 1 atom stereocenters. The largest absolute Gasteiger partial charge is 0.486 e. The molecule has 1 aliphatic heterocycles. The lowest BCUT2D eigenvalue weighted by atomic mass is 10.0. The normalized spacial score (nSPS) is 14.6. The van der Waals surface area contributed by atoms with Gasteiger partial charge in [0, 0.05) is 18.7 Å². The van der Waals surface area contributed by atoms with Crippen molar-refractivity contribution in [3.8, 4) is 11.5 Å². The number of ether oxygens (including phenoxy) is 2. The van der Waals surface area contributed by atoms with Crippen molar-refractivity contribution in [3.05, 3.63) is 53.1 Å². The maximum Gasteiger partial charge on any atom is 0.163 e. The third-order valence-corrected chi connectivity index (χ3v) is 3.91. The van der Waals surface area contributed by atoms with E-state index in [4.69, 9.17) is 21.1 Å². The number of benzene rings is 2. The maximum atomic E-state index is 6.29. The molecule has 0 saturated carbocycles. The third kappa shape index (κ3) is 3.24. The van der Waals surface area contributed by atoms with Crippen LogP contribution < -0.4 is 14.8 Å². The predicted octanol–water partition coefficient (Wildman–Crippen LogP) is 4.33. The first-order chi connectivity index (χ1) is 10.2. The summed E-state index contributed by atoms with van der Waals surface area (Å²) in [5, 5.41) is 4.05. The minimum atomic E-state index is 0.399. The molecule has 2 aromatic rings. The van der Waals surface area contributed by atoms with Crippen molar-refractivity contribution in [2.75, 3.05) is 25.1 Å². The van der Waals surface area contributed by atoms with E-state index in [1.54, 1.807) is 0 Å². The highest BCUT2D eigenvalue weighted by Gasteiger charge is 2.15. The van der Waals surface area contributed by atoms with Gasteiger partial charge in [0.25, 0.3) is 0 Å². The van der Waals surface area contributed by atoms with E-state index < -0.39 is 0 Å². The predicted molar refractivity (Wildman–Crippen MR) is 85.8 cm³/mol. The van der Waals surface area contributed by atoms with Gasteiger partial charge in [-0.3, -0.25) is 0 Å². The zero-order chi connectivity index (χ0) is 14.7. The SMILES string of the molecule is CC(CNc1cc2c(cc1Cl)OCCO2)c1ccccc1.